The number of anilines is 2. The fourth-order valence-electron chi connectivity index (χ4n) is 2.14. The van der Waals surface area contributed by atoms with Gasteiger partial charge in [-0.3, -0.25) is 10.1 Å². The summed E-state index contributed by atoms with van der Waals surface area (Å²) >= 11 is 0. The molecule has 0 amide bonds. The van der Waals surface area contributed by atoms with E-state index in [1.807, 2.05) is 6.92 Å². The van der Waals surface area contributed by atoms with Crippen molar-refractivity contribution in [2.45, 2.75) is 33.1 Å². The molecule has 1 aromatic rings. The number of rotatable bonds is 6. The molecule has 2 rings (SSSR count). The van der Waals surface area contributed by atoms with E-state index >= 15 is 0 Å². The fourth-order valence-corrected chi connectivity index (χ4v) is 2.14. The van der Waals surface area contributed by atoms with Crippen LogP contribution in [0, 0.1) is 15.5 Å². The van der Waals surface area contributed by atoms with Crippen LogP contribution in [0.2, 0.25) is 0 Å². The largest absolute Gasteiger partial charge is 0.364 e. The van der Waals surface area contributed by atoms with E-state index in [0.717, 1.165) is 12.8 Å². The highest BCUT2D eigenvalue weighted by atomic mass is 16.6. The zero-order valence-corrected chi connectivity index (χ0v) is 11.3. The van der Waals surface area contributed by atoms with Gasteiger partial charge in [0.2, 0.25) is 11.8 Å². The average molecular weight is 265 g/mol. The van der Waals surface area contributed by atoms with Gasteiger partial charge in [0, 0.05) is 13.1 Å². The van der Waals surface area contributed by atoms with Crippen molar-refractivity contribution in [2.75, 3.05) is 23.7 Å². The molecule has 1 aliphatic rings. The zero-order chi connectivity index (χ0) is 13.9. The van der Waals surface area contributed by atoms with Crippen molar-refractivity contribution in [2.24, 2.45) is 5.41 Å². The van der Waals surface area contributed by atoms with Gasteiger partial charge in [0.1, 0.15) is 6.20 Å². The van der Waals surface area contributed by atoms with Crippen molar-refractivity contribution >= 4 is 17.5 Å². The van der Waals surface area contributed by atoms with E-state index in [1.54, 1.807) is 0 Å². The molecule has 0 radical (unpaired) electrons. The van der Waals surface area contributed by atoms with Crippen LogP contribution in [0.4, 0.5) is 17.5 Å². The third-order valence-corrected chi connectivity index (χ3v) is 3.54. The molecule has 2 N–H and O–H groups in total. The number of hydrogen-bond donors (Lipinski definition) is 2. The van der Waals surface area contributed by atoms with Gasteiger partial charge >= 0.3 is 5.69 Å². The molecule has 1 saturated carbocycles. The number of hydrogen-bond acceptors (Lipinski definition) is 6. The Kier molecular flexibility index (Phi) is 3.82. The molecule has 1 heterocycles. The average Bonchev–Trinajstić information content (AvgIpc) is 2.34. The minimum atomic E-state index is -0.457. The Morgan fingerprint density at radius 2 is 2.21 bits per heavy atom. The summed E-state index contributed by atoms with van der Waals surface area (Å²) in [7, 11) is 0. The van der Waals surface area contributed by atoms with Crippen LogP contribution in [-0.2, 0) is 0 Å². The lowest BCUT2D eigenvalue weighted by Crippen LogP contribution is -2.33. The van der Waals surface area contributed by atoms with E-state index in [1.165, 1.54) is 12.6 Å². The predicted octanol–water partition coefficient (Wildman–Crippen LogP) is 2.42. The molecular formula is C12H19N5O2. The molecule has 0 aromatic carbocycles. The minimum absolute atomic E-state index is 0.0791. The number of aromatic nitrogens is 2. The minimum Gasteiger partial charge on any atom is -0.364 e. The van der Waals surface area contributed by atoms with Gasteiger partial charge in [-0.1, -0.05) is 13.3 Å². The highest BCUT2D eigenvalue weighted by Gasteiger charge is 2.32. The summed E-state index contributed by atoms with van der Waals surface area (Å²) in [6, 6.07) is 0. The quantitative estimate of drug-likeness (QED) is 0.606. The standard InChI is InChI=1S/C12H19N5O2/c1-3-13-11-14-7-9(17(18)19)10(16-11)15-8-12(2)5-4-6-12/h7H,3-6,8H2,1-2H3,(H2,13,14,15,16). The summed E-state index contributed by atoms with van der Waals surface area (Å²) in [6.45, 7) is 5.49. The Balaban J connectivity index is 2.14. The maximum absolute atomic E-state index is 11.0. The van der Waals surface area contributed by atoms with E-state index in [0.29, 0.717) is 24.9 Å². The molecule has 1 fully saturated rings. The Labute approximate surface area is 112 Å². The topological polar surface area (TPSA) is 93.0 Å². The van der Waals surface area contributed by atoms with Gasteiger partial charge in [-0.25, -0.2) is 4.98 Å². The van der Waals surface area contributed by atoms with Crippen LogP contribution < -0.4 is 10.6 Å². The lowest BCUT2D eigenvalue weighted by atomic mass is 9.70. The molecule has 0 atom stereocenters. The van der Waals surface area contributed by atoms with Gasteiger partial charge < -0.3 is 10.6 Å². The normalized spacial score (nSPS) is 16.5. The van der Waals surface area contributed by atoms with Crippen molar-refractivity contribution in [1.29, 1.82) is 0 Å². The van der Waals surface area contributed by atoms with Crippen molar-refractivity contribution in [3.05, 3.63) is 16.3 Å². The summed E-state index contributed by atoms with van der Waals surface area (Å²) in [4.78, 5) is 18.6. The molecule has 0 saturated heterocycles. The van der Waals surface area contributed by atoms with Crippen LogP contribution in [0.5, 0.6) is 0 Å². The molecule has 104 valence electrons. The second-order valence-corrected chi connectivity index (χ2v) is 5.23. The number of nitro groups is 1. The monoisotopic (exact) mass is 265 g/mol. The maximum atomic E-state index is 11.0. The lowest BCUT2D eigenvalue weighted by molar-refractivity contribution is -0.384. The summed E-state index contributed by atoms with van der Waals surface area (Å²) in [5.41, 5.74) is 0.154. The molecule has 0 spiro atoms. The van der Waals surface area contributed by atoms with Crippen LogP contribution in [0.15, 0.2) is 6.20 Å². The first-order valence-corrected chi connectivity index (χ1v) is 6.53. The van der Waals surface area contributed by atoms with Crippen molar-refractivity contribution in [3.63, 3.8) is 0 Å². The Morgan fingerprint density at radius 3 is 2.74 bits per heavy atom. The third kappa shape index (κ3) is 3.10. The van der Waals surface area contributed by atoms with E-state index < -0.39 is 4.92 Å². The van der Waals surface area contributed by atoms with Crippen molar-refractivity contribution in [1.82, 2.24) is 9.97 Å². The molecule has 1 aromatic heterocycles. The van der Waals surface area contributed by atoms with Crippen LogP contribution in [0.1, 0.15) is 33.1 Å². The van der Waals surface area contributed by atoms with Gasteiger partial charge in [0.15, 0.2) is 0 Å². The first kappa shape index (κ1) is 13.5. The van der Waals surface area contributed by atoms with Crippen LogP contribution >= 0.6 is 0 Å². The maximum Gasteiger partial charge on any atom is 0.329 e. The number of nitrogens with one attached hydrogen (secondary N) is 2. The second-order valence-electron chi connectivity index (χ2n) is 5.23. The van der Waals surface area contributed by atoms with Crippen LogP contribution in [0.25, 0.3) is 0 Å². The molecule has 19 heavy (non-hydrogen) atoms. The highest BCUT2D eigenvalue weighted by Crippen LogP contribution is 2.40. The lowest BCUT2D eigenvalue weighted by Gasteiger charge is -2.38. The van der Waals surface area contributed by atoms with E-state index in [-0.39, 0.29) is 11.1 Å². The molecule has 0 bridgehead atoms. The van der Waals surface area contributed by atoms with Gasteiger partial charge in [-0.2, -0.15) is 4.98 Å². The van der Waals surface area contributed by atoms with Gasteiger partial charge in [-0.15, -0.1) is 0 Å². The second kappa shape index (κ2) is 5.38. The third-order valence-electron chi connectivity index (χ3n) is 3.54. The SMILES string of the molecule is CCNc1ncc([N+](=O)[O-])c(NCC2(C)CCC2)n1. The first-order chi connectivity index (χ1) is 9.04. The Bertz CT molecular complexity index is 473. The smallest absolute Gasteiger partial charge is 0.329 e. The molecule has 0 aliphatic heterocycles. The summed E-state index contributed by atoms with van der Waals surface area (Å²) in [5.74, 6) is 0.707. The summed E-state index contributed by atoms with van der Waals surface area (Å²) in [5, 5.41) is 17.0. The van der Waals surface area contributed by atoms with Gasteiger partial charge in [-0.05, 0) is 25.2 Å². The van der Waals surface area contributed by atoms with Crippen molar-refractivity contribution in [3.8, 4) is 0 Å². The molecular weight excluding hydrogens is 246 g/mol. The highest BCUT2D eigenvalue weighted by molar-refractivity contribution is 5.57. The van der Waals surface area contributed by atoms with E-state index in [9.17, 15) is 10.1 Å². The Hall–Kier alpha value is -1.92. The van der Waals surface area contributed by atoms with E-state index in [2.05, 4.69) is 27.5 Å². The van der Waals surface area contributed by atoms with Gasteiger partial charge in [0.05, 0.1) is 4.92 Å². The van der Waals surface area contributed by atoms with E-state index in [4.69, 9.17) is 0 Å². The predicted molar refractivity (Wildman–Crippen MR) is 73.3 cm³/mol. The molecule has 7 heteroatoms. The van der Waals surface area contributed by atoms with Crippen LogP contribution in [0.3, 0.4) is 0 Å². The molecule has 1 aliphatic carbocycles. The van der Waals surface area contributed by atoms with Gasteiger partial charge in [0.25, 0.3) is 0 Å². The van der Waals surface area contributed by atoms with Crippen LogP contribution in [-0.4, -0.2) is 28.0 Å². The molecule has 0 unspecified atom stereocenters. The fraction of sp³-hybridized carbons (Fsp3) is 0.667. The summed E-state index contributed by atoms with van der Waals surface area (Å²) in [6.07, 6.45) is 4.78. The number of nitrogens with zero attached hydrogens (tertiary/aromatic N) is 3. The first-order valence-electron chi connectivity index (χ1n) is 6.53. The zero-order valence-electron chi connectivity index (χ0n) is 11.3. The summed E-state index contributed by atoms with van der Waals surface area (Å²) < 4.78 is 0. The molecule has 7 nitrogen and oxygen atoms in total. The Morgan fingerprint density at radius 1 is 1.47 bits per heavy atom. The van der Waals surface area contributed by atoms with Crippen molar-refractivity contribution < 1.29 is 4.92 Å².